The van der Waals surface area contributed by atoms with E-state index in [2.05, 4.69) is 136 Å². The minimum Gasteiger partial charge on any atom is -0.333 e. The maximum Gasteiger partial charge on any atom is 0.0795 e. The van der Waals surface area contributed by atoms with Crippen molar-refractivity contribution in [1.29, 1.82) is 0 Å². The Morgan fingerprint density at radius 1 is 0.746 bits per heavy atom. The molecule has 1 radical (unpaired) electrons. The van der Waals surface area contributed by atoms with Crippen LogP contribution in [-0.2, 0) is 20.1 Å². The molecule has 299 valence electrons. The summed E-state index contributed by atoms with van der Waals surface area (Å²) in [5.74, 6) is 1.38. The molecular weight excluding hydrogens is 931 g/mol. The van der Waals surface area contributed by atoms with Gasteiger partial charge in [-0.05, 0) is 97.8 Å². The quantitative estimate of drug-likeness (QED) is 0.118. The van der Waals surface area contributed by atoms with Crippen molar-refractivity contribution in [3.63, 3.8) is 0 Å². The fourth-order valence-electron chi connectivity index (χ4n) is 7.42. The molecule has 0 aliphatic rings. The minimum absolute atomic E-state index is 0. The van der Waals surface area contributed by atoms with Gasteiger partial charge in [-0.3, -0.25) is 4.98 Å². The third-order valence-corrected chi connectivity index (χ3v) is 13.8. The first kappa shape index (κ1) is 32.8. The summed E-state index contributed by atoms with van der Waals surface area (Å²) < 4.78 is 66.1. The van der Waals surface area contributed by atoms with Crippen molar-refractivity contribution in [1.82, 2.24) is 14.5 Å². The van der Waals surface area contributed by atoms with Gasteiger partial charge in [-0.2, -0.15) is 11.3 Å². The summed E-state index contributed by atoms with van der Waals surface area (Å²) in [7, 11) is -1.43. The number of aromatic nitrogens is 3. The Morgan fingerprint density at radius 3 is 2.14 bits per heavy atom. The van der Waals surface area contributed by atoms with Crippen molar-refractivity contribution in [3.05, 3.63) is 168 Å². The monoisotopic (exact) mass is 990 g/mol. The van der Waals surface area contributed by atoms with Crippen molar-refractivity contribution in [2.75, 3.05) is 0 Å². The largest absolute Gasteiger partial charge is 0.333 e. The van der Waals surface area contributed by atoms with Gasteiger partial charge >= 0.3 is 0 Å². The molecule has 9 rings (SSSR count). The van der Waals surface area contributed by atoms with E-state index in [0.717, 1.165) is 42.6 Å². The van der Waals surface area contributed by atoms with E-state index in [4.69, 9.17) is 16.0 Å². The van der Waals surface area contributed by atoms with Gasteiger partial charge in [-0.1, -0.05) is 132 Å². The van der Waals surface area contributed by atoms with Crippen molar-refractivity contribution in [2.24, 2.45) is 0 Å². The van der Waals surface area contributed by atoms with Crippen LogP contribution in [0.2, 0.25) is 19.6 Å². The van der Waals surface area contributed by atoms with Crippen LogP contribution in [0.3, 0.4) is 0 Å². The number of imidazole rings is 1. The first-order valence-electron chi connectivity index (χ1n) is 23.7. The van der Waals surface area contributed by atoms with E-state index in [9.17, 15) is 0 Å². The zero-order valence-corrected chi connectivity index (χ0v) is 38.5. The molecule has 59 heavy (non-hydrogen) atoms. The van der Waals surface area contributed by atoms with Crippen LogP contribution in [0.15, 0.2) is 134 Å². The number of para-hydroxylation sites is 2. The smallest absolute Gasteiger partial charge is 0.0795 e. The molecule has 3 nitrogen and oxygen atoms in total. The first-order chi connectivity index (χ1) is 31.1. The predicted octanol–water partition coefficient (Wildman–Crippen LogP) is 14.5. The molecule has 3 aromatic heterocycles. The van der Waals surface area contributed by atoms with Gasteiger partial charge in [-0.15, -0.1) is 53.5 Å². The first-order valence-corrected chi connectivity index (χ1v) is 24.0. The Labute approximate surface area is 379 Å². The maximum atomic E-state index is 7.94. The molecule has 0 unspecified atom stereocenters. The van der Waals surface area contributed by atoms with Crippen LogP contribution in [0.5, 0.6) is 0 Å². The van der Waals surface area contributed by atoms with Crippen molar-refractivity contribution >= 4 is 55.8 Å². The SMILES string of the molecule is [2H]C([2H])([2H])c1ccc2c(c1)sc1c(-c3nc4ccccc4n3-c3c(C(C)C)cc(-c4ccccc4)cc3C(C)C)[c-]ccc12.[2H]c1[c-]c(-c2ccc([Si](C)(C)C)cn2)cc([2H])c1C([2H])([2H])[2H].[Ir]. The van der Waals surface area contributed by atoms with Crippen LogP contribution in [0.1, 0.15) is 72.8 Å². The van der Waals surface area contributed by atoms with Gasteiger partial charge < -0.3 is 9.55 Å². The Bertz CT molecular complexity index is 3190. The van der Waals surface area contributed by atoms with Gasteiger partial charge in [0.25, 0.3) is 0 Å². The molecule has 0 fully saturated rings. The summed E-state index contributed by atoms with van der Waals surface area (Å²) in [6.07, 6.45) is 1.82. The van der Waals surface area contributed by atoms with Crippen LogP contribution in [0, 0.1) is 25.8 Å². The second-order valence-corrected chi connectivity index (χ2v) is 22.5. The zero-order chi connectivity index (χ0) is 47.5. The topological polar surface area (TPSA) is 30.7 Å². The molecule has 0 atom stereocenters. The number of aryl methyl sites for hydroxylation is 1. The van der Waals surface area contributed by atoms with Crippen LogP contribution in [0.25, 0.3) is 70.7 Å². The molecule has 0 saturated heterocycles. The van der Waals surface area contributed by atoms with Gasteiger partial charge in [0.05, 0.1) is 24.9 Å². The summed E-state index contributed by atoms with van der Waals surface area (Å²) in [6, 6.07) is 44.3. The fraction of sp³-hybridized carbons (Fsp3) is 0.208. The zero-order valence-electron chi connectivity index (χ0n) is 42.3. The van der Waals surface area contributed by atoms with Crippen molar-refractivity contribution in [2.45, 2.75) is 72.9 Å². The van der Waals surface area contributed by atoms with Crippen LogP contribution in [0.4, 0.5) is 0 Å². The standard InChI is InChI=1S/C38H33N2S.C15H18NSi.Ir/c1-23(2)31-21-27(26-12-7-6-8-13-26)22-32(24(3)4)36(31)40-34-17-10-9-16-33(34)39-38(40)30-15-11-14-29-28-19-18-25(5)20-35(28)41-37(29)30;1-12-5-7-13(8-6-12)15-10-9-14(11-16-15)17(2,3)4;/h6-14,16-24H,1-5H3;5-7,9-11H,1-4H3;/q2*-1;/i5D3;1D3,5D,6D;. The number of nitrogens with zero attached hydrogens (tertiary/aromatic N) is 3. The molecule has 0 aliphatic heterocycles. The van der Waals surface area contributed by atoms with Gasteiger partial charge in [-0.25, -0.2) is 0 Å². The number of benzene rings is 6. The number of hydrogen-bond donors (Lipinski definition) is 0. The minimum atomic E-state index is -2.47. The predicted molar refractivity (Wildman–Crippen MR) is 253 cm³/mol. The third kappa shape index (κ3) is 8.56. The molecule has 6 heteroatoms. The molecule has 3 heterocycles. The van der Waals surface area contributed by atoms with E-state index in [1.807, 2.05) is 42.6 Å². The van der Waals surface area contributed by atoms with E-state index in [0.29, 0.717) is 16.8 Å². The van der Waals surface area contributed by atoms with Crippen LogP contribution < -0.4 is 5.19 Å². The Hall–Kier alpha value is -4.97. The average Bonchev–Trinajstić information content (AvgIpc) is 3.83. The van der Waals surface area contributed by atoms with Crippen molar-refractivity contribution in [3.8, 4) is 39.5 Å². The Balaban J connectivity index is 0.000000245. The second kappa shape index (κ2) is 17.3. The van der Waals surface area contributed by atoms with Gasteiger partial charge in [0, 0.05) is 47.7 Å². The maximum absolute atomic E-state index is 7.94. The van der Waals surface area contributed by atoms with E-state index in [1.165, 1.54) is 39.2 Å². The molecule has 0 amide bonds. The summed E-state index contributed by atoms with van der Waals surface area (Å²) in [5.41, 5.74) is 10.2. The van der Waals surface area contributed by atoms with E-state index in [1.54, 1.807) is 17.4 Å². The third-order valence-electron chi connectivity index (χ3n) is 10.5. The molecule has 9 aromatic rings. The molecule has 0 N–H and O–H groups in total. The molecule has 0 aliphatic carbocycles. The number of pyridine rings is 1. The van der Waals surface area contributed by atoms with E-state index >= 15 is 0 Å². The Kier molecular flexibility index (Phi) is 9.64. The summed E-state index contributed by atoms with van der Waals surface area (Å²) >= 11 is 1.61. The van der Waals surface area contributed by atoms with E-state index < -0.39 is 21.8 Å². The van der Waals surface area contributed by atoms with Crippen LogP contribution >= 0.6 is 11.3 Å². The molecule has 0 saturated carbocycles. The van der Waals surface area contributed by atoms with Gasteiger partial charge in [0.15, 0.2) is 0 Å². The number of rotatable bonds is 7. The normalized spacial score (nSPS) is 14.1. The average molecular weight is 990 g/mol. The van der Waals surface area contributed by atoms with E-state index in [-0.39, 0.29) is 49.6 Å². The molecule has 6 aromatic carbocycles. The summed E-state index contributed by atoms with van der Waals surface area (Å²) in [4.78, 5) is 9.65. The summed E-state index contributed by atoms with van der Waals surface area (Å²) in [6.45, 7) is 11.1. The number of thiophene rings is 1. The van der Waals surface area contributed by atoms with Gasteiger partial charge in [0.1, 0.15) is 0 Å². The molecule has 0 spiro atoms. The van der Waals surface area contributed by atoms with Crippen LogP contribution in [-0.4, -0.2) is 22.6 Å². The fourth-order valence-corrected chi connectivity index (χ4v) is 9.69. The number of fused-ring (bicyclic) bond motifs is 4. The van der Waals surface area contributed by atoms with Gasteiger partial charge in [0.2, 0.25) is 0 Å². The Morgan fingerprint density at radius 2 is 1.47 bits per heavy atom. The van der Waals surface area contributed by atoms with Crippen molar-refractivity contribution < 1.29 is 31.1 Å². The summed E-state index contributed by atoms with van der Waals surface area (Å²) in [5, 5.41) is 3.35. The molecule has 0 bridgehead atoms. The molecular formula is C53H51IrN3SSi-2. The number of hydrogen-bond acceptors (Lipinski definition) is 3. The second-order valence-electron chi connectivity index (χ2n) is 16.4.